The van der Waals surface area contributed by atoms with Gasteiger partial charge in [0.25, 0.3) is 0 Å². The predicted octanol–water partition coefficient (Wildman–Crippen LogP) is 5.90. The van der Waals surface area contributed by atoms with Crippen molar-refractivity contribution in [2.24, 2.45) is 11.8 Å². The smallest absolute Gasteiger partial charge is 0.0708 e. The molecule has 0 saturated heterocycles. The van der Waals surface area contributed by atoms with Crippen LogP contribution in [0.4, 0.5) is 0 Å². The molecule has 2 saturated carbocycles. The molecule has 118 valence electrons. The SMILES string of the molecule is c1ccc2cc(-c3ccc4c(c3)C3CC5CC(C3)C4C5)ncc2c1. The van der Waals surface area contributed by atoms with Crippen LogP contribution >= 0.6 is 0 Å². The molecule has 3 aromatic rings. The summed E-state index contributed by atoms with van der Waals surface area (Å²) in [5.41, 5.74) is 5.72. The van der Waals surface area contributed by atoms with Crippen LogP contribution in [-0.2, 0) is 0 Å². The number of aromatic nitrogens is 1. The minimum atomic E-state index is 0.808. The van der Waals surface area contributed by atoms with Gasteiger partial charge in [-0.25, -0.2) is 0 Å². The second-order valence-corrected chi connectivity index (χ2v) is 8.13. The summed E-state index contributed by atoms with van der Waals surface area (Å²) in [4.78, 5) is 4.74. The van der Waals surface area contributed by atoms with Crippen molar-refractivity contribution in [2.75, 3.05) is 0 Å². The van der Waals surface area contributed by atoms with Gasteiger partial charge in [0.05, 0.1) is 5.69 Å². The standard InChI is InChI=1S/C23H21N/c1-2-4-17-13-24-23(12-15(17)3-1)16-5-6-20-21-9-14-7-18(21)10-19(8-14)22(20)11-16/h1-6,11-14,18-19,21H,7-10H2. The summed E-state index contributed by atoms with van der Waals surface area (Å²) in [5, 5.41) is 2.50. The maximum absolute atomic E-state index is 4.74. The molecule has 2 fully saturated rings. The van der Waals surface area contributed by atoms with Crippen LogP contribution < -0.4 is 0 Å². The average molecular weight is 311 g/mol. The molecule has 6 rings (SSSR count). The number of pyridine rings is 1. The highest BCUT2D eigenvalue weighted by molar-refractivity contribution is 5.85. The molecule has 24 heavy (non-hydrogen) atoms. The van der Waals surface area contributed by atoms with Crippen molar-refractivity contribution in [3.63, 3.8) is 0 Å². The van der Waals surface area contributed by atoms with Crippen molar-refractivity contribution in [2.45, 2.75) is 37.5 Å². The van der Waals surface area contributed by atoms with E-state index in [1.807, 2.05) is 6.20 Å². The van der Waals surface area contributed by atoms with E-state index in [-0.39, 0.29) is 0 Å². The highest BCUT2D eigenvalue weighted by atomic mass is 14.7. The van der Waals surface area contributed by atoms with Crippen LogP contribution in [0.5, 0.6) is 0 Å². The van der Waals surface area contributed by atoms with Gasteiger partial charge in [-0.05, 0) is 78.0 Å². The molecule has 1 heteroatoms. The minimum absolute atomic E-state index is 0.808. The van der Waals surface area contributed by atoms with E-state index in [9.17, 15) is 0 Å². The predicted molar refractivity (Wildman–Crippen MR) is 98.1 cm³/mol. The fourth-order valence-corrected chi connectivity index (χ4v) is 5.86. The van der Waals surface area contributed by atoms with Crippen molar-refractivity contribution in [1.29, 1.82) is 0 Å². The topological polar surface area (TPSA) is 12.9 Å². The first-order valence-corrected chi connectivity index (χ1v) is 9.34. The lowest BCUT2D eigenvalue weighted by molar-refractivity contribution is 0.296. The maximum atomic E-state index is 4.74. The monoisotopic (exact) mass is 311 g/mol. The first kappa shape index (κ1) is 13.2. The molecular formula is C23H21N. The summed E-state index contributed by atoms with van der Waals surface area (Å²) in [6, 6.07) is 17.9. The molecule has 0 spiro atoms. The Balaban J connectivity index is 1.49. The lowest BCUT2D eigenvalue weighted by Gasteiger charge is -2.36. The zero-order valence-electron chi connectivity index (χ0n) is 13.8. The van der Waals surface area contributed by atoms with Crippen LogP contribution in [-0.4, -0.2) is 4.98 Å². The summed E-state index contributed by atoms with van der Waals surface area (Å²) in [6.45, 7) is 0. The largest absolute Gasteiger partial charge is 0.256 e. The van der Waals surface area contributed by atoms with Gasteiger partial charge in [-0.3, -0.25) is 4.98 Å². The second-order valence-electron chi connectivity index (χ2n) is 8.13. The molecule has 3 aliphatic rings. The molecular weight excluding hydrogens is 290 g/mol. The molecule has 1 nitrogen and oxygen atoms in total. The summed E-state index contributed by atoms with van der Waals surface area (Å²) >= 11 is 0. The molecule has 0 N–H and O–H groups in total. The van der Waals surface area contributed by atoms with Crippen LogP contribution in [0.3, 0.4) is 0 Å². The Morgan fingerprint density at radius 2 is 1.71 bits per heavy atom. The van der Waals surface area contributed by atoms with E-state index in [2.05, 4.69) is 48.5 Å². The zero-order chi connectivity index (χ0) is 15.7. The molecule has 4 unspecified atom stereocenters. The average Bonchev–Trinajstić information content (AvgIpc) is 2.88. The molecule has 0 amide bonds. The Bertz CT molecular complexity index is 955. The van der Waals surface area contributed by atoms with Crippen molar-refractivity contribution >= 4 is 10.8 Å². The number of hydrogen-bond acceptors (Lipinski definition) is 1. The molecule has 4 atom stereocenters. The Hall–Kier alpha value is -2.15. The van der Waals surface area contributed by atoms with E-state index in [0.29, 0.717) is 0 Å². The van der Waals surface area contributed by atoms with Gasteiger partial charge in [-0.2, -0.15) is 0 Å². The minimum Gasteiger partial charge on any atom is -0.256 e. The fraction of sp³-hybridized carbons (Fsp3) is 0.348. The molecule has 3 aliphatic carbocycles. The Kier molecular flexibility index (Phi) is 2.58. The summed E-state index contributed by atoms with van der Waals surface area (Å²) in [6.07, 6.45) is 7.81. The molecule has 0 radical (unpaired) electrons. The third kappa shape index (κ3) is 1.79. The Labute approximate surface area is 142 Å². The van der Waals surface area contributed by atoms with Gasteiger partial charge in [-0.1, -0.05) is 36.4 Å². The van der Waals surface area contributed by atoms with Gasteiger partial charge >= 0.3 is 0 Å². The highest BCUT2D eigenvalue weighted by Gasteiger charge is 2.46. The van der Waals surface area contributed by atoms with Crippen LogP contribution in [0.2, 0.25) is 0 Å². The van der Waals surface area contributed by atoms with Gasteiger partial charge in [-0.15, -0.1) is 0 Å². The van der Waals surface area contributed by atoms with Gasteiger partial charge in [0.15, 0.2) is 0 Å². The van der Waals surface area contributed by atoms with E-state index in [1.54, 1.807) is 11.1 Å². The van der Waals surface area contributed by atoms with E-state index in [1.165, 1.54) is 42.0 Å². The first-order chi connectivity index (χ1) is 11.8. The van der Waals surface area contributed by atoms with E-state index < -0.39 is 0 Å². The van der Waals surface area contributed by atoms with Crippen molar-refractivity contribution in [3.05, 3.63) is 65.9 Å². The number of fused-ring (bicyclic) bond motifs is 6. The number of hydrogen-bond donors (Lipinski definition) is 0. The van der Waals surface area contributed by atoms with Gasteiger partial charge < -0.3 is 0 Å². The van der Waals surface area contributed by atoms with E-state index in [0.717, 1.165) is 29.4 Å². The van der Waals surface area contributed by atoms with Crippen LogP contribution in [0.15, 0.2) is 54.7 Å². The van der Waals surface area contributed by atoms with Crippen LogP contribution in [0.25, 0.3) is 22.0 Å². The van der Waals surface area contributed by atoms with E-state index in [4.69, 9.17) is 4.98 Å². The number of rotatable bonds is 1. The molecule has 3 bridgehead atoms. The first-order valence-electron chi connectivity index (χ1n) is 9.34. The fourth-order valence-electron chi connectivity index (χ4n) is 5.86. The van der Waals surface area contributed by atoms with Crippen molar-refractivity contribution < 1.29 is 0 Å². The Morgan fingerprint density at radius 1 is 0.792 bits per heavy atom. The quantitative estimate of drug-likeness (QED) is 0.545. The van der Waals surface area contributed by atoms with Gasteiger partial charge in [0, 0.05) is 17.1 Å². The number of nitrogens with zero attached hydrogens (tertiary/aromatic N) is 1. The van der Waals surface area contributed by atoms with Crippen LogP contribution in [0.1, 0.15) is 48.6 Å². The maximum Gasteiger partial charge on any atom is 0.0708 e. The highest BCUT2D eigenvalue weighted by Crippen LogP contribution is 2.60. The number of benzene rings is 2. The van der Waals surface area contributed by atoms with Gasteiger partial charge in [0.1, 0.15) is 0 Å². The molecule has 2 aromatic carbocycles. The van der Waals surface area contributed by atoms with Gasteiger partial charge in [0.2, 0.25) is 0 Å². The zero-order valence-corrected chi connectivity index (χ0v) is 13.8. The summed E-state index contributed by atoms with van der Waals surface area (Å²) < 4.78 is 0. The molecule has 1 aromatic heterocycles. The lowest BCUT2D eigenvalue weighted by atomic mass is 9.68. The third-order valence-electron chi connectivity index (χ3n) is 6.85. The molecule has 0 aliphatic heterocycles. The second kappa shape index (κ2) is 4.69. The third-order valence-corrected chi connectivity index (χ3v) is 6.85. The lowest BCUT2D eigenvalue weighted by Crippen LogP contribution is -2.22. The van der Waals surface area contributed by atoms with E-state index >= 15 is 0 Å². The van der Waals surface area contributed by atoms with Crippen molar-refractivity contribution in [3.8, 4) is 11.3 Å². The molecule has 1 heterocycles. The Morgan fingerprint density at radius 3 is 2.67 bits per heavy atom. The summed E-state index contributed by atoms with van der Waals surface area (Å²) in [5.74, 6) is 3.63. The normalized spacial score (nSPS) is 29.8. The summed E-state index contributed by atoms with van der Waals surface area (Å²) in [7, 11) is 0. The van der Waals surface area contributed by atoms with Crippen molar-refractivity contribution in [1.82, 2.24) is 4.98 Å². The van der Waals surface area contributed by atoms with Crippen LogP contribution in [0, 0.1) is 11.8 Å².